The van der Waals surface area contributed by atoms with Crippen molar-refractivity contribution in [3.05, 3.63) is 34.9 Å². The third-order valence-corrected chi connectivity index (χ3v) is 6.19. The van der Waals surface area contributed by atoms with Gasteiger partial charge in [0.05, 0.1) is 11.5 Å². The van der Waals surface area contributed by atoms with Crippen molar-refractivity contribution < 1.29 is 8.42 Å². The number of guanidine groups is 1. The predicted octanol–water partition coefficient (Wildman–Crippen LogP) is 1.03. The number of sulfone groups is 1. The van der Waals surface area contributed by atoms with E-state index in [0.717, 1.165) is 0 Å². The van der Waals surface area contributed by atoms with Crippen molar-refractivity contribution >= 4 is 15.8 Å². The normalized spacial score (nSPS) is 23.3. The van der Waals surface area contributed by atoms with E-state index in [9.17, 15) is 8.42 Å². The second-order valence-electron chi connectivity index (χ2n) is 6.13. The van der Waals surface area contributed by atoms with E-state index in [-0.39, 0.29) is 17.5 Å². The van der Waals surface area contributed by atoms with Gasteiger partial charge in [0.15, 0.2) is 15.8 Å². The van der Waals surface area contributed by atoms with E-state index in [1.54, 1.807) is 7.05 Å². The molecule has 0 amide bonds. The molecule has 22 heavy (non-hydrogen) atoms. The fraction of sp³-hybridized carbons (Fsp3) is 0.562. The minimum atomic E-state index is -2.87. The Labute approximate surface area is 132 Å². The number of aliphatic imine (C=N–C) groups is 1. The second kappa shape index (κ2) is 6.28. The van der Waals surface area contributed by atoms with Crippen molar-refractivity contribution in [1.82, 2.24) is 10.6 Å². The number of benzene rings is 1. The van der Waals surface area contributed by atoms with E-state index in [4.69, 9.17) is 0 Å². The molecular formula is C16H23N3O2S. The van der Waals surface area contributed by atoms with Crippen LogP contribution in [0.25, 0.3) is 0 Å². The quantitative estimate of drug-likeness (QED) is 0.644. The van der Waals surface area contributed by atoms with Gasteiger partial charge >= 0.3 is 0 Å². The summed E-state index contributed by atoms with van der Waals surface area (Å²) in [5.41, 5.74) is 4.18. The Bertz CT molecular complexity index is 683. The van der Waals surface area contributed by atoms with Gasteiger partial charge in [-0.1, -0.05) is 18.2 Å². The molecule has 1 saturated heterocycles. The van der Waals surface area contributed by atoms with E-state index in [1.165, 1.54) is 36.0 Å². The average molecular weight is 321 g/mol. The van der Waals surface area contributed by atoms with Crippen molar-refractivity contribution in [3.63, 3.8) is 0 Å². The maximum absolute atomic E-state index is 11.5. The summed E-state index contributed by atoms with van der Waals surface area (Å²) in [6.07, 6.45) is 4.28. The molecule has 1 heterocycles. The number of nitrogens with one attached hydrogen (secondary N) is 2. The standard InChI is InChI=1S/C16H23N3O2S/c1-17-16(19-15-7-8-22(20,21)11-15)18-10-12-5-6-13-3-2-4-14(13)9-12/h5-6,9,15H,2-4,7-8,10-11H2,1H3,(H2,17,18,19). The van der Waals surface area contributed by atoms with Gasteiger partial charge in [0, 0.05) is 19.6 Å². The Kier molecular flexibility index (Phi) is 4.38. The molecule has 6 heteroatoms. The van der Waals surface area contributed by atoms with Crippen LogP contribution in [0.2, 0.25) is 0 Å². The first-order chi connectivity index (χ1) is 10.6. The van der Waals surface area contributed by atoms with Gasteiger partial charge in [0.25, 0.3) is 0 Å². The Morgan fingerprint density at radius 2 is 2.14 bits per heavy atom. The SMILES string of the molecule is CN=C(NCc1ccc2c(c1)CCC2)NC1CCS(=O)(=O)C1. The van der Waals surface area contributed by atoms with Crippen molar-refractivity contribution in [2.24, 2.45) is 4.99 Å². The van der Waals surface area contributed by atoms with Crippen LogP contribution in [0, 0.1) is 0 Å². The molecule has 1 aliphatic carbocycles. The van der Waals surface area contributed by atoms with E-state index in [1.807, 2.05) is 0 Å². The molecule has 0 spiro atoms. The maximum atomic E-state index is 11.5. The van der Waals surface area contributed by atoms with Gasteiger partial charge in [-0.05, 0) is 42.4 Å². The minimum Gasteiger partial charge on any atom is -0.353 e. The molecule has 1 aromatic rings. The molecule has 0 radical (unpaired) electrons. The number of hydrogen-bond acceptors (Lipinski definition) is 3. The molecule has 5 nitrogen and oxygen atoms in total. The largest absolute Gasteiger partial charge is 0.353 e. The van der Waals surface area contributed by atoms with Crippen LogP contribution < -0.4 is 10.6 Å². The van der Waals surface area contributed by atoms with Gasteiger partial charge in [-0.15, -0.1) is 0 Å². The Balaban J connectivity index is 1.55. The molecule has 1 atom stereocenters. The third-order valence-electron chi connectivity index (χ3n) is 4.42. The zero-order chi connectivity index (χ0) is 15.6. The maximum Gasteiger partial charge on any atom is 0.191 e. The van der Waals surface area contributed by atoms with Crippen molar-refractivity contribution in [1.29, 1.82) is 0 Å². The highest BCUT2D eigenvalue weighted by molar-refractivity contribution is 7.91. The molecule has 2 N–H and O–H groups in total. The molecule has 1 unspecified atom stereocenters. The van der Waals surface area contributed by atoms with Gasteiger partial charge in [0.1, 0.15) is 0 Å². The van der Waals surface area contributed by atoms with Gasteiger partial charge in [-0.25, -0.2) is 8.42 Å². The van der Waals surface area contributed by atoms with Crippen LogP contribution in [0.3, 0.4) is 0 Å². The summed E-state index contributed by atoms with van der Waals surface area (Å²) in [7, 11) is -1.16. The van der Waals surface area contributed by atoms with Gasteiger partial charge in [-0.2, -0.15) is 0 Å². The molecule has 2 aliphatic rings. The minimum absolute atomic E-state index is 0.0313. The van der Waals surface area contributed by atoms with Gasteiger partial charge in [0.2, 0.25) is 0 Å². The first-order valence-corrected chi connectivity index (χ1v) is 9.66. The summed E-state index contributed by atoms with van der Waals surface area (Å²) in [5, 5.41) is 6.48. The number of hydrogen-bond donors (Lipinski definition) is 2. The van der Waals surface area contributed by atoms with Crippen LogP contribution in [-0.4, -0.2) is 39.0 Å². The van der Waals surface area contributed by atoms with E-state index < -0.39 is 9.84 Å². The molecule has 0 bridgehead atoms. The summed E-state index contributed by atoms with van der Waals surface area (Å²) in [4.78, 5) is 4.19. The van der Waals surface area contributed by atoms with Gasteiger partial charge < -0.3 is 10.6 Å². The summed E-state index contributed by atoms with van der Waals surface area (Å²) in [6.45, 7) is 0.701. The first-order valence-electron chi connectivity index (χ1n) is 7.84. The zero-order valence-electron chi connectivity index (χ0n) is 12.9. The third kappa shape index (κ3) is 3.61. The fourth-order valence-electron chi connectivity index (χ4n) is 3.22. The number of fused-ring (bicyclic) bond motifs is 1. The summed E-state index contributed by atoms with van der Waals surface area (Å²) >= 11 is 0. The predicted molar refractivity (Wildman–Crippen MR) is 88.9 cm³/mol. The second-order valence-corrected chi connectivity index (χ2v) is 8.36. The van der Waals surface area contributed by atoms with Crippen LogP contribution in [0.15, 0.2) is 23.2 Å². The summed E-state index contributed by atoms with van der Waals surface area (Å²) in [5.74, 6) is 1.14. The average Bonchev–Trinajstić information content (AvgIpc) is 3.08. The van der Waals surface area contributed by atoms with Gasteiger partial charge in [-0.3, -0.25) is 4.99 Å². The van der Waals surface area contributed by atoms with Crippen LogP contribution in [-0.2, 0) is 29.2 Å². The van der Waals surface area contributed by atoms with E-state index >= 15 is 0 Å². The summed E-state index contributed by atoms with van der Waals surface area (Å²) < 4.78 is 23.0. The Morgan fingerprint density at radius 3 is 2.86 bits per heavy atom. The van der Waals surface area contributed by atoms with Crippen molar-refractivity contribution in [2.45, 2.75) is 38.3 Å². The number of aryl methyl sites for hydroxylation is 2. The zero-order valence-corrected chi connectivity index (χ0v) is 13.7. The number of rotatable bonds is 3. The highest BCUT2D eigenvalue weighted by Gasteiger charge is 2.28. The molecule has 0 saturated carbocycles. The molecular weight excluding hydrogens is 298 g/mol. The molecule has 120 valence electrons. The molecule has 0 aromatic heterocycles. The lowest BCUT2D eigenvalue weighted by atomic mass is 10.1. The first kappa shape index (κ1) is 15.3. The molecule has 1 aliphatic heterocycles. The van der Waals surface area contributed by atoms with Crippen molar-refractivity contribution in [2.75, 3.05) is 18.6 Å². The lowest BCUT2D eigenvalue weighted by Gasteiger charge is -2.16. The van der Waals surface area contributed by atoms with Crippen LogP contribution >= 0.6 is 0 Å². The fourth-order valence-corrected chi connectivity index (χ4v) is 4.89. The number of nitrogens with zero attached hydrogens (tertiary/aromatic N) is 1. The van der Waals surface area contributed by atoms with Crippen LogP contribution in [0.1, 0.15) is 29.5 Å². The lowest BCUT2D eigenvalue weighted by molar-refractivity contribution is 0.599. The highest BCUT2D eigenvalue weighted by atomic mass is 32.2. The Hall–Kier alpha value is -1.56. The van der Waals surface area contributed by atoms with E-state index in [0.29, 0.717) is 18.9 Å². The van der Waals surface area contributed by atoms with Crippen LogP contribution in [0.4, 0.5) is 0 Å². The molecule has 1 fully saturated rings. The van der Waals surface area contributed by atoms with Crippen LogP contribution in [0.5, 0.6) is 0 Å². The Morgan fingerprint density at radius 1 is 1.32 bits per heavy atom. The van der Waals surface area contributed by atoms with E-state index in [2.05, 4.69) is 33.8 Å². The molecule has 3 rings (SSSR count). The van der Waals surface area contributed by atoms with Crippen molar-refractivity contribution in [3.8, 4) is 0 Å². The summed E-state index contributed by atoms with van der Waals surface area (Å²) in [6, 6.07) is 6.61. The monoisotopic (exact) mass is 321 g/mol. The smallest absolute Gasteiger partial charge is 0.191 e. The lowest BCUT2D eigenvalue weighted by Crippen LogP contribution is -2.43. The topological polar surface area (TPSA) is 70.6 Å². The highest BCUT2D eigenvalue weighted by Crippen LogP contribution is 2.22. The molecule has 1 aromatic carbocycles.